The van der Waals surface area contributed by atoms with Gasteiger partial charge >= 0.3 is 0 Å². The van der Waals surface area contributed by atoms with Gasteiger partial charge in [0.25, 0.3) is 0 Å². The molecule has 0 aliphatic rings. The van der Waals surface area contributed by atoms with E-state index in [2.05, 4.69) is 27.7 Å². The van der Waals surface area contributed by atoms with Gasteiger partial charge in [-0.25, -0.2) is 0 Å². The minimum absolute atomic E-state index is 0.0653. The molecule has 0 rings (SSSR count). The zero-order valence-electron chi connectivity index (χ0n) is 9.72. The third-order valence-corrected chi connectivity index (χ3v) is 2.72. The predicted octanol–water partition coefficient (Wildman–Crippen LogP) is 3.01. The van der Waals surface area contributed by atoms with Gasteiger partial charge in [0.1, 0.15) is 0 Å². The van der Waals surface area contributed by atoms with Gasteiger partial charge < -0.3 is 9.47 Å². The Morgan fingerprint density at radius 2 is 1.69 bits per heavy atom. The smallest absolute Gasteiger partial charge is 0.0913 e. The average Bonchev–Trinajstić information content (AvgIpc) is 2.17. The van der Waals surface area contributed by atoms with Crippen molar-refractivity contribution in [3.8, 4) is 0 Å². The lowest BCUT2D eigenvalue weighted by Gasteiger charge is -2.34. The zero-order chi connectivity index (χ0) is 10.3. The van der Waals surface area contributed by atoms with Crippen molar-refractivity contribution in [3.63, 3.8) is 0 Å². The molecule has 0 amide bonds. The summed E-state index contributed by atoms with van der Waals surface area (Å²) in [6.07, 6.45) is 3.42. The lowest BCUT2D eigenvalue weighted by Crippen LogP contribution is -2.39. The van der Waals surface area contributed by atoms with Crippen molar-refractivity contribution in [1.29, 1.82) is 0 Å². The first kappa shape index (κ1) is 12.9. The summed E-state index contributed by atoms with van der Waals surface area (Å²) < 4.78 is 11.2. The maximum Gasteiger partial charge on any atom is 0.0913 e. The van der Waals surface area contributed by atoms with Crippen LogP contribution in [0.5, 0.6) is 0 Å². The van der Waals surface area contributed by atoms with Crippen LogP contribution in [0, 0.1) is 0 Å². The molecule has 0 aromatic rings. The maximum atomic E-state index is 6.00. The second-order valence-electron chi connectivity index (χ2n) is 3.66. The molecule has 0 bridgehead atoms. The molecule has 2 heteroatoms. The van der Waals surface area contributed by atoms with Crippen LogP contribution in [-0.4, -0.2) is 25.4 Å². The predicted molar refractivity (Wildman–Crippen MR) is 56.0 cm³/mol. The number of methoxy groups -OCH3 is 1. The lowest BCUT2D eigenvalue weighted by atomic mass is 9.98. The molecule has 0 aliphatic heterocycles. The van der Waals surface area contributed by atoms with E-state index in [0.29, 0.717) is 12.7 Å². The number of ether oxygens (including phenoxy) is 2. The molecule has 13 heavy (non-hydrogen) atoms. The van der Waals surface area contributed by atoms with E-state index in [0.717, 1.165) is 19.3 Å². The highest BCUT2D eigenvalue weighted by molar-refractivity contribution is 4.78. The summed E-state index contributed by atoms with van der Waals surface area (Å²) >= 11 is 0. The van der Waals surface area contributed by atoms with Crippen molar-refractivity contribution < 1.29 is 9.47 Å². The highest BCUT2D eigenvalue weighted by atomic mass is 16.5. The van der Waals surface area contributed by atoms with Crippen molar-refractivity contribution in [3.05, 3.63) is 0 Å². The van der Waals surface area contributed by atoms with E-state index >= 15 is 0 Å². The first-order chi connectivity index (χ1) is 6.14. The van der Waals surface area contributed by atoms with Crippen molar-refractivity contribution in [2.75, 3.05) is 13.7 Å². The van der Waals surface area contributed by atoms with E-state index in [1.165, 1.54) is 0 Å². The quantitative estimate of drug-likeness (QED) is 0.611. The molecule has 0 aromatic heterocycles. The van der Waals surface area contributed by atoms with Crippen LogP contribution in [-0.2, 0) is 9.47 Å². The van der Waals surface area contributed by atoms with Gasteiger partial charge in [0, 0.05) is 7.11 Å². The number of rotatable bonds is 7. The molecular formula is C11H24O2. The summed E-state index contributed by atoms with van der Waals surface area (Å²) in [6, 6.07) is 0. The van der Waals surface area contributed by atoms with E-state index in [4.69, 9.17) is 9.47 Å². The normalized spacial score (nSPS) is 14.5. The van der Waals surface area contributed by atoms with Gasteiger partial charge in [0.15, 0.2) is 0 Å². The van der Waals surface area contributed by atoms with Gasteiger partial charge in [0.05, 0.1) is 18.3 Å². The van der Waals surface area contributed by atoms with Crippen LogP contribution >= 0.6 is 0 Å². The molecule has 0 saturated carbocycles. The highest BCUT2D eigenvalue weighted by Crippen LogP contribution is 2.23. The molecule has 1 unspecified atom stereocenters. The molecule has 0 heterocycles. The highest BCUT2D eigenvalue weighted by Gasteiger charge is 2.28. The molecule has 2 nitrogen and oxygen atoms in total. The summed E-state index contributed by atoms with van der Waals surface area (Å²) in [5.74, 6) is 0. The molecule has 0 fully saturated rings. The summed E-state index contributed by atoms with van der Waals surface area (Å²) in [6.45, 7) is 9.28. The van der Waals surface area contributed by atoms with Gasteiger partial charge in [-0.2, -0.15) is 0 Å². The van der Waals surface area contributed by atoms with Crippen molar-refractivity contribution in [2.45, 2.75) is 58.7 Å². The summed E-state index contributed by atoms with van der Waals surface area (Å²) in [5, 5.41) is 0. The molecule has 80 valence electrons. The molecule has 0 radical (unpaired) electrons. The maximum absolute atomic E-state index is 6.00. The van der Waals surface area contributed by atoms with Gasteiger partial charge in [-0.1, -0.05) is 20.8 Å². The largest absolute Gasteiger partial charge is 0.382 e. The molecular weight excluding hydrogens is 164 g/mol. The third-order valence-electron chi connectivity index (χ3n) is 2.72. The Morgan fingerprint density at radius 1 is 1.15 bits per heavy atom. The van der Waals surface area contributed by atoms with Crippen LogP contribution in [0.25, 0.3) is 0 Å². The van der Waals surface area contributed by atoms with E-state index in [9.17, 15) is 0 Å². The third kappa shape index (κ3) is 4.10. The monoisotopic (exact) mass is 188 g/mol. The van der Waals surface area contributed by atoms with Crippen LogP contribution in [0.3, 0.4) is 0 Å². The Balaban J connectivity index is 4.19. The number of hydrogen-bond acceptors (Lipinski definition) is 2. The van der Waals surface area contributed by atoms with Crippen LogP contribution in [0.4, 0.5) is 0 Å². The van der Waals surface area contributed by atoms with E-state index in [1.54, 1.807) is 7.11 Å². The Labute approximate surface area is 82.6 Å². The Bertz CT molecular complexity index is 119. The Morgan fingerprint density at radius 3 is 2.00 bits per heavy atom. The minimum Gasteiger partial charge on any atom is -0.382 e. The molecule has 0 aliphatic carbocycles. The molecule has 0 saturated heterocycles. The van der Waals surface area contributed by atoms with Crippen LogP contribution in [0.2, 0.25) is 0 Å². The van der Waals surface area contributed by atoms with Crippen molar-refractivity contribution >= 4 is 0 Å². The van der Waals surface area contributed by atoms with Gasteiger partial charge in [-0.05, 0) is 26.2 Å². The average molecular weight is 188 g/mol. The number of hydrogen-bond donors (Lipinski definition) is 0. The lowest BCUT2D eigenvalue weighted by molar-refractivity contribution is -0.126. The topological polar surface area (TPSA) is 18.5 Å². The van der Waals surface area contributed by atoms with Crippen molar-refractivity contribution in [2.24, 2.45) is 0 Å². The van der Waals surface area contributed by atoms with Gasteiger partial charge in [-0.15, -0.1) is 0 Å². The van der Waals surface area contributed by atoms with E-state index in [-0.39, 0.29) is 5.60 Å². The van der Waals surface area contributed by atoms with Crippen LogP contribution < -0.4 is 0 Å². The van der Waals surface area contributed by atoms with Crippen LogP contribution in [0.1, 0.15) is 47.0 Å². The van der Waals surface area contributed by atoms with E-state index in [1.807, 2.05) is 0 Å². The fourth-order valence-corrected chi connectivity index (χ4v) is 1.43. The van der Waals surface area contributed by atoms with E-state index < -0.39 is 0 Å². The van der Waals surface area contributed by atoms with Crippen molar-refractivity contribution in [1.82, 2.24) is 0 Å². The molecule has 0 spiro atoms. The second kappa shape index (κ2) is 6.39. The fourth-order valence-electron chi connectivity index (χ4n) is 1.43. The minimum atomic E-state index is -0.0653. The Hall–Kier alpha value is -0.0800. The molecule has 0 N–H and O–H groups in total. The first-order valence-electron chi connectivity index (χ1n) is 5.30. The van der Waals surface area contributed by atoms with Gasteiger partial charge in [-0.3, -0.25) is 0 Å². The summed E-state index contributed by atoms with van der Waals surface area (Å²) in [5.41, 5.74) is -0.0653. The Kier molecular flexibility index (Phi) is 6.35. The van der Waals surface area contributed by atoms with Crippen LogP contribution in [0.15, 0.2) is 0 Å². The second-order valence-corrected chi connectivity index (χ2v) is 3.66. The first-order valence-corrected chi connectivity index (χ1v) is 5.30. The van der Waals surface area contributed by atoms with Gasteiger partial charge in [0.2, 0.25) is 0 Å². The summed E-state index contributed by atoms with van der Waals surface area (Å²) in [7, 11) is 1.74. The SMILES string of the molecule is CCC(C)OC(CC)(CC)COC. The standard InChI is InChI=1S/C11H24O2/c1-6-10(4)13-11(7-2,8-3)9-12-5/h10H,6-9H2,1-5H3. The zero-order valence-corrected chi connectivity index (χ0v) is 9.72. The fraction of sp³-hybridized carbons (Fsp3) is 1.00. The summed E-state index contributed by atoms with van der Waals surface area (Å²) in [4.78, 5) is 0. The molecule has 1 atom stereocenters. The molecule has 0 aromatic carbocycles.